The number of halogens is 1. The first kappa shape index (κ1) is 14.8. The number of aryl methyl sites for hydroxylation is 1. The van der Waals surface area contributed by atoms with Crippen LogP contribution in [0.3, 0.4) is 0 Å². The number of thioether (sulfide) groups is 1. The quantitative estimate of drug-likeness (QED) is 0.654. The van der Waals surface area contributed by atoms with Gasteiger partial charge in [0.15, 0.2) is 5.16 Å². The Morgan fingerprint density at radius 1 is 1.45 bits per heavy atom. The van der Waals surface area contributed by atoms with Gasteiger partial charge in [-0.05, 0) is 30.7 Å². The number of aromatic nitrogens is 2. The van der Waals surface area contributed by atoms with E-state index in [0.29, 0.717) is 5.16 Å². The molecule has 7 heteroatoms. The van der Waals surface area contributed by atoms with Crippen LogP contribution in [0.25, 0.3) is 0 Å². The third-order valence-corrected chi connectivity index (χ3v) is 3.83. The number of nitrogens with zero attached hydrogens (tertiary/aromatic N) is 1. The molecule has 0 radical (unpaired) electrons. The Bertz CT molecular complexity index is 687. The summed E-state index contributed by atoms with van der Waals surface area (Å²) in [6.45, 7) is 1.92. The fraction of sp³-hybridized carbons (Fsp3) is 0.154. The minimum Gasteiger partial charge on any atom is -0.325 e. The monoisotopic (exact) mass is 353 g/mol. The molecule has 0 bridgehead atoms. The van der Waals surface area contributed by atoms with Crippen molar-refractivity contribution in [1.82, 2.24) is 9.97 Å². The number of hydrogen-bond donors (Lipinski definition) is 2. The first-order valence-electron chi connectivity index (χ1n) is 5.79. The van der Waals surface area contributed by atoms with Crippen molar-refractivity contribution in [2.45, 2.75) is 12.1 Å². The number of carbonyl (C=O) groups is 1. The normalized spacial score (nSPS) is 10.3. The third kappa shape index (κ3) is 4.21. The molecule has 0 aliphatic rings. The largest absolute Gasteiger partial charge is 0.325 e. The summed E-state index contributed by atoms with van der Waals surface area (Å²) in [5, 5.41) is 3.25. The SMILES string of the molecule is Cc1cc(Br)ccc1NC(=O)CSc1nccc(=O)[nH]1. The molecule has 2 N–H and O–H groups in total. The van der Waals surface area contributed by atoms with Crippen LogP contribution >= 0.6 is 27.7 Å². The van der Waals surface area contributed by atoms with Gasteiger partial charge >= 0.3 is 0 Å². The van der Waals surface area contributed by atoms with Crippen LogP contribution in [0, 0.1) is 6.92 Å². The maximum atomic E-state index is 11.8. The first-order chi connectivity index (χ1) is 9.54. The van der Waals surface area contributed by atoms with Crippen LogP contribution in [0.2, 0.25) is 0 Å². The Morgan fingerprint density at radius 3 is 2.95 bits per heavy atom. The molecule has 0 spiro atoms. The van der Waals surface area contributed by atoms with Crippen molar-refractivity contribution in [2.75, 3.05) is 11.1 Å². The molecule has 20 heavy (non-hydrogen) atoms. The topological polar surface area (TPSA) is 74.8 Å². The van der Waals surface area contributed by atoms with Crippen molar-refractivity contribution in [2.24, 2.45) is 0 Å². The number of amides is 1. The highest BCUT2D eigenvalue weighted by atomic mass is 79.9. The van der Waals surface area contributed by atoms with Gasteiger partial charge in [-0.1, -0.05) is 27.7 Å². The Balaban J connectivity index is 1.94. The van der Waals surface area contributed by atoms with Crippen LogP contribution in [0.1, 0.15) is 5.56 Å². The van der Waals surface area contributed by atoms with Gasteiger partial charge in [-0.25, -0.2) is 4.98 Å². The third-order valence-electron chi connectivity index (χ3n) is 2.45. The minimum absolute atomic E-state index is 0.146. The molecule has 0 fully saturated rings. The van der Waals surface area contributed by atoms with Crippen molar-refractivity contribution >= 4 is 39.3 Å². The van der Waals surface area contributed by atoms with Gasteiger partial charge < -0.3 is 10.3 Å². The van der Waals surface area contributed by atoms with Crippen molar-refractivity contribution < 1.29 is 4.79 Å². The molecular formula is C13H12BrN3O2S. The summed E-state index contributed by atoms with van der Waals surface area (Å²) in [6.07, 6.45) is 1.41. The maximum Gasteiger partial charge on any atom is 0.251 e. The zero-order chi connectivity index (χ0) is 14.5. The van der Waals surface area contributed by atoms with Crippen LogP contribution in [-0.4, -0.2) is 21.6 Å². The van der Waals surface area contributed by atoms with Gasteiger partial charge in [-0.2, -0.15) is 0 Å². The van der Waals surface area contributed by atoms with Crippen LogP contribution in [0.5, 0.6) is 0 Å². The van der Waals surface area contributed by atoms with E-state index in [1.807, 2.05) is 25.1 Å². The van der Waals surface area contributed by atoms with E-state index in [4.69, 9.17) is 0 Å². The number of aromatic amines is 1. The molecule has 2 rings (SSSR count). The number of hydrogen-bond acceptors (Lipinski definition) is 4. The van der Waals surface area contributed by atoms with Gasteiger partial charge in [0.1, 0.15) is 0 Å². The Labute approximate surface area is 128 Å². The maximum absolute atomic E-state index is 11.8. The molecule has 1 heterocycles. The van der Waals surface area contributed by atoms with E-state index in [9.17, 15) is 9.59 Å². The molecule has 0 aliphatic heterocycles. The van der Waals surface area contributed by atoms with Crippen molar-refractivity contribution in [3.05, 3.63) is 50.9 Å². The summed E-state index contributed by atoms with van der Waals surface area (Å²) in [7, 11) is 0. The summed E-state index contributed by atoms with van der Waals surface area (Å²) in [5.74, 6) is 0.0366. The fourth-order valence-electron chi connectivity index (χ4n) is 1.51. The zero-order valence-electron chi connectivity index (χ0n) is 10.6. The van der Waals surface area contributed by atoms with Crippen LogP contribution in [0.4, 0.5) is 5.69 Å². The second-order valence-electron chi connectivity index (χ2n) is 4.04. The molecule has 5 nitrogen and oxygen atoms in total. The van der Waals surface area contributed by atoms with Gasteiger partial charge in [0.25, 0.3) is 5.56 Å². The lowest BCUT2D eigenvalue weighted by molar-refractivity contribution is -0.113. The van der Waals surface area contributed by atoms with Gasteiger partial charge in [-0.15, -0.1) is 0 Å². The van der Waals surface area contributed by atoms with E-state index in [0.717, 1.165) is 15.7 Å². The molecule has 0 saturated heterocycles. The van der Waals surface area contributed by atoms with Crippen LogP contribution in [0.15, 0.2) is 44.9 Å². The highest BCUT2D eigenvalue weighted by Gasteiger charge is 2.07. The molecule has 0 atom stereocenters. The van der Waals surface area contributed by atoms with Crippen LogP contribution in [-0.2, 0) is 4.79 Å². The van der Waals surface area contributed by atoms with Crippen LogP contribution < -0.4 is 10.9 Å². The van der Waals surface area contributed by atoms with E-state index in [2.05, 4.69) is 31.2 Å². The highest BCUT2D eigenvalue weighted by molar-refractivity contribution is 9.10. The molecule has 0 aliphatic carbocycles. The average Bonchev–Trinajstić information content (AvgIpc) is 2.40. The fourth-order valence-corrected chi connectivity index (χ4v) is 2.64. The number of nitrogens with one attached hydrogen (secondary N) is 2. The predicted octanol–water partition coefficient (Wildman–Crippen LogP) is 2.57. The van der Waals surface area contributed by atoms with E-state index in [-0.39, 0.29) is 17.2 Å². The highest BCUT2D eigenvalue weighted by Crippen LogP contribution is 2.20. The minimum atomic E-state index is -0.230. The van der Waals surface area contributed by atoms with E-state index >= 15 is 0 Å². The Hall–Kier alpha value is -1.60. The van der Waals surface area contributed by atoms with E-state index < -0.39 is 0 Å². The van der Waals surface area contributed by atoms with E-state index in [1.165, 1.54) is 24.0 Å². The number of H-pyrrole nitrogens is 1. The molecule has 2 aromatic rings. The molecule has 104 valence electrons. The Kier molecular flexibility index (Phi) is 4.97. The van der Waals surface area contributed by atoms with Gasteiger partial charge in [0.2, 0.25) is 5.91 Å². The second kappa shape index (κ2) is 6.71. The first-order valence-corrected chi connectivity index (χ1v) is 7.56. The van der Waals surface area contributed by atoms with Crippen molar-refractivity contribution in [3.63, 3.8) is 0 Å². The van der Waals surface area contributed by atoms with Gasteiger partial charge in [0.05, 0.1) is 5.75 Å². The molecule has 1 aromatic heterocycles. The standard InChI is InChI=1S/C13H12BrN3O2S/c1-8-6-9(14)2-3-10(8)16-12(19)7-20-13-15-5-4-11(18)17-13/h2-6H,7H2,1H3,(H,16,19)(H,15,17,18). The summed E-state index contributed by atoms with van der Waals surface area (Å²) >= 11 is 4.55. The zero-order valence-corrected chi connectivity index (χ0v) is 13.0. The molecule has 0 saturated carbocycles. The van der Waals surface area contributed by atoms with Gasteiger partial charge in [-0.3, -0.25) is 9.59 Å². The Morgan fingerprint density at radius 2 is 2.25 bits per heavy atom. The van der Waals surface area contributed by atoms with Crippen molar-refractivity contribution in [1.29, 1.82) is 0 Å². The van der Waals surface area contributed by atoms with Crippen molar-refractivity contribution in [3.8, 4) is 0 Å². The second-order valence-corrected chi connectivity index (χ2v) is 5.92. The average molecular weight is 354 g/mol. The van der Waals surface area contributed by atoms with E-state index in [1.54, 1.807) is 0 Å². The molecule has 1 aromatic carbocycles. The molecular weight excluding hydrogens is 342 g/mol. The number of carbonyl (C=O) groups excluding carboxylic acids is 1. The molecule has 0 unspecified atom stereocenters. The number of rotatable bonds is 4. The number of benzene rings is 1. The summed E-state index contributed by atoms with van der Waals surface area (Å²) in [6, 6.07) is 6.96. The number of anilines is 1. The lowest BCUT2D eigenvalue weighted by Crippen LogP contribution is -2.15. The summed E-state index contributed by atoms with van der Waals surface area (Å²) in [4.78, 5) is 29.5. The van der Waals surface area contributed by atoms with Gasteiger partial charge in [0, 0.05) is 22.4 Å². The summed E-state index contributed by atoms with van der Waals surface area (Å²) < 4.78 is 0.966. The summed E-state index contributed by atoms with van der Waals surface area (Å²) in [5.41, 5.74) is 1.52. The lowest BCUT2D eigenvalue weighted by Gasteiger charge is -2.08. The predicted molar refractivity (Wildman–Crippen MR) is 83.1 cm³/mol. The smallest absolute Gasteiger partial charge is 0.251 e. The molecule has 1 amide bonds. The lowest BCUT2D eigenvalue weighted by atomic mass is 10.2.